The Morgan fingerprint density at radius 2 is 2.00 bits per heavy atom. The number of benzene rings is 1. The molecule has 0 aliphatic heterocycles. The van der Waals surface area contributed by atoms with Crippen LogP contribution in [-0.4, -0.2) is 20.7 Å². The average molecular weight is 264 g/mol. The minimum Gasteiger partial charge on any atom is -0.496 e. The van der Waals surface area contributed by atoms with Gasteiger partial charge in [-0.3, -0.25) is 0 Å². The first-order chi connectivity index (χ1) is 8.93. The largest absolute Gasteiger partial charge is 0.496 e. The Balaban J connectivity index is 3.13. The molecule has 108 valence electrons. The molecule has 3 N–H and O–H groups in total. The summed E-state index contributed by atoms with van der Waals surface area (Å²) in [5.74, 6) is 0.948. The second-order valence-corrected chi connectivity index (χ2v) is 5.98. The molecule has 1 aromatic carbocycles. The maximum Gasteiger partial charge on any atom is 0.123 e. The Morgan fingerprint density at radius 1 is 1.32 bits per heavy atom. The quantitative estimate of drug-likeness (QED) is 0.830. The van der Waals surface area contributed by atoms with Crippen LogP contribution in [0.15, 0.2) is 18.2 Å². The zero-order chi connectivity index (χ0) is 14.5. The minimum absolute atomic E-state index is 0.146. The molecular weight excluding hydrogens is 236 g/mol. The van der Waals surface area contributed by atoms with Crippen LogP contribution in [0, 0.1) is 0 Å². The van der Waals surface area contributed by atoms with E-state index < -0.39 is 0 Å². The summed E-state index contributed by atoms with van der Waals surface area (Å²) in [4.78, 5) is 0. The third-order valence-electron chi connectivity index (χ3n) is 3.52. The lowest BCUT2D eigenvalue weighted by Crippen LogP contribution is -2.20. The Bertz CT molecular complexity index is 396. The lowest BCUT2D eigenvalue weighted by atomic mass is 9.84. The molecule has 0 radical (unpaired) electrons. The van der Waals surface area contributed by atoms with Crippen molar-refractivity contribution in [3.05, 3.63) is 29.3 Å². The molecule has 19 heavy (non-hydrogen) atoms. The number of nitrogens with one attached hydrogen (secondary N) is 1. The van der Waals surface area contributed by atoms with Crippen molar-refractivity contribution in [3.63, 3.8) is 0 Å². The molecule has 0 saturated heterocycles. The summed E-state index contributed by atoms with van der Waals surface area (Å²) >= 11 is 0. The summed E-state index contributed by atoms with van der Waals surface area (Å²) in [6, 6.07) is 6.78. The molecule has 0 amide bonds. The van der Waals surface area contributed by atoms with Crippen LogP contribution in [0.1, 0.15) is 50.8 Å². The van der Waals surface area contributed by atoms with Crippen LogP contribution in [0.4, 0.5) is 0 Å². The summed E-state index contributed by atoms with van der Waals surface area (Å²) in [7, 11) is 3.72. The van der Waals surface area contributed by atoms with E-state index in [1.165, 1.54) is 11.1 Å². The van der Waals surface area contributed by atoms with Crippen molar-refractivity contribution in [2.45, 2.75) is 45.1 Å². The molecule has 0 aromatic heterocycles. The summed E-state index contributed by atoms with van der Waals surface area (Å²) in [5.41, 5.74) is 8.32. The topological polar surface area (TPSA) is 47.3 Å². The molecule has 1 atom stereocenters. The molecule has 3 nitrogen and oxygen atoms in total. The number of methoxy groups -OCH3 is 1. The fourth-order valence-electron chi connectivity index (χ4n) is 2.25. The second kappa shape index (κ2) is 6.92. The van der Waals surface area contributed by atoms with Gasteiger partial charge in [0.1, 0.15) is 5.75 Å². The van der Waals surface area contributed by atoms with Crippen LogP contribution in [-0.2, 0) is 5.41 Å². The van der Waals surface area contributed by atoms with Gasteiger partial charge in [-0.05, 0) is 49.5 Å². The zero-order valence-electron chi connectivity index (χ0n) is 12.9. The number of ether oxygens (including phenoxy) is 1. The molecule has 0 aliphatic rings. The molecule has 0 heterocycles. The predicted molar refractivity (Wildman–Crippen MR) is 81.8 cm³/mol. The third-order valence-corrected chi connectivity index (χ3v) is 3.52. The fraction of sp³-hybridized carbons (Fsp3) is 0.625. The van der Waals surface area contributed by atoms with Gasteiger partial charge in [0, 0.05) is 11.6 Å². The molecular formula is C16H28N2O. The number of nitrogens with two attached hydrogens (primary N) is 1. The first kappa shape index (κ1) is 16.0. The van der Waals surface area contributed by atoms with Crippen LogP contribution >= 0.6 is 0 Å². The highest BCUT2D eigenvalue weighted by atomic mass is 16.5. The van der Waals surface area contributed by atoms with Gasteiger partial charge in [0.25, 0.3) is 0 Å². The Hall–Kier alpha value is -1.06. The first-order valence-corrected chi connectivity index (χ1v) is 6.99. The van der Waals surface area contributed by atoms with Crippen molar-refractivity contribution in [1.82, 2.24) is 5.32 Å². The van der Waals surface area contributed by atoms with Gasteiger partial charge in [0.2, 0.25) is 0 Å². The molecule has 1 unspecified atom stereocenters. The van der Waals surface area contributed by atoms with Gasteiger partial charge in [-0.25, -0.2) is 0 Å². The molecule has 0 spiro atoms. The molecule has 1 rings (SSSR count). The highest BCUT2D eigenvalue weighted by Crippen LogP contribution is 2.33. The molecule has 0 aliphatic carbocycles. The van der Waals surface area contributed by atoms with Crippen molar-refractivity contribution in [2.75, 3.05) is 20.7 Å². The summed E-state index contributed by atoms with van der Waals surface area (Å²) in [5, 5.41) is 3.37. The Labute approximate surface area is 117 Å². The van der Waals surface area contributed by atoms with E-state index in [0.29, 0.717) is 6.04 Å². The van der Waals surface area contributed by atoms with Gasteiger partial charge in [-0.15, -0.1) is 0 Å². The zero-order valence-corrected chi connectivity index (χ0v) is 12.9. The van der Waals surface area contributed by atoms with Crippen molar-refractivity contribution in [1.29, 1.82) is 0 Å². The lowest BCUT2D eigenvalue weighted by molar-refractivity contribution is 0.397. The predicted octanol–water partition coefficient (Wildman–Crippen LogP) is 2.99. The fourth-order valence-corrected chi connectivity index (χ4v) is 2.25. The Morgan fingerprint density at radius 3 is 2.47 bits per heavy atom. The van der Waals surface area contributed by atoms with Gasteiger partial charge in [0.05, 0.1) is 7.11 Å². The minimum atomic E-state index is 0.146. The maximum atomic E-state index is 5.62. The van der Waals surface area contributed by atoms with Gasteiger partial charge in [-0.2, -0.15) is 0 Å². The van der Waals surface area contributed by atoms with E-state index in [4.69, 9.17) is 10.5 Å². The van der Waals surface area contributed by atoms with E-state index in [-0.39, 0.29) is 5.41 Å². The SMILES string of the molecule is CNC(CCCN)c1cc(C(C)(C)C)ccc1OC. The van der Waals surface area contributed by atoms with Crippen molar-refractivity contribution >= 4 is 0 Å². The van der Waals surface area contributed by atoms with E-state index >= 15 is 0 Å². The smallest absolute Gasteiger partial charge is 0.123 e. The normalized spacial score (nSPS) is 13.4. The molecule has 0 saturated carbocycles. The van der Waals surface area contributed by atoms with E-state index in [1.54, 1.807) is 7.11 Å². The van der Waals surface area contributed by atoms with Crippen LogP contribution in [0.2, 0.25) is 0 Å². The second-order valence-electron chi connectivity index (χ2n) is 5.98. The summed E-state index contributed by atoms with van der Waals surface area (Å²) in [6.45, 7) is 7.41. The highest BCUT2D eigenvalue weighted by molar-refractivity contribution is 5.41. The lowest BCUT2D eigenvalue weighted by Gasteiger charge is -2.24. The van der Waals surface area contributed by atoms with Crippen LogP contribution < -0.4 is 15.8 Å². The van der Waals surface area contributed by atoms with E-state index in [9.17, 15) is 0 Å². The van der Waals surface area contributed by atoms with Gasteiger partial charge >= 0.3 is 0 Å². The monoisotopic (exact) mass is 264 g/mol. The standard InChI is InChI=1S/C16H28N2O/c1-16(2,3)12-8-9-15(19-5)13(11-12)14(18-4)7-6-10-17/h8-9,11,14,18H,6-7,10,17H2,1-5H3. The third kappa shape index (κ3) is 4.22. The van der Waals surface area contributed by atoms with Crippen molar-refractivity contribution in [3.8, 4) is 5.75 Å². The summed E-state index contributed by atoms with van der Waals surface area (Å²) < 4.78 is 5.50. The van der Waals surface area contributed by atoms with E-state index in [1.807, 2.05) is 7.05 Å². The van der Waals surface area contributed by atoms with Gasteiger partial charge in [-0.1, -0.05) is 26.8 Å². The Kier molecular flexibility index (Phi) is 5.83. The van der Waals surface area contributed by atoms with Gasteiger partial charge < -0.3 is 15.8 Å². The van der Waals surface area contributed by atoms with Crippen molar-refractivity contribution < 1.29 is 4.74 Å². The number of rotatable bonds is 6. The van der Waals surface area contributed by atoms with E-state index in [2.05, 4.69) is 44.3 Å². The van der Waals surface area contributed by atoms with Crippen molar-refractivity contribution in [2.24, 2.45) is 5.73 Å². The number of hydrogen-bond acceptors (Lipinski definition) is 3. The van der Waals surface area contributed by atoms with Crippen LogP contribution in [0.25, 0.3) is 0 Å². The number of hydrogen-bond donors (Lipinski definition) is 2. The van der Waals surface area contributed by atoms with Gasteiger partial charge in [0.15, 0.2) is 0 Å². The maximum absolute atomic E-state index is 5.62. The van der Waals surface area contributed by atoms with Crippen LogP contribution in [0.5, 0.6) is 5.75 Å². The molecule has 0 bridgehead atoms. The average Bonchev–Trinajstić information content (AvgIpc) is 2.38. The first-order valence-electron chi connectivity index (χ1n) is 6.99. The molecule has 0 fully saturated rings. The van der Waals surface area contributed by atoms with E-state index in [0.717, 1.165) is 25.1 Å². The van der Waals surface area contributed by atoms with Crippen LogP contribution in [0.3, 0.4) is 0 Å². The highest BCUT2D eigenvalue weighted by Gasteiger charge is 2.19. The molecule has 3 heteroatoms. The molecule has 1 aromatic rings. The summed E-state index contributed by atoms with van der Waals surface area (Å²) in [6.07, 6.45) is 2.03.